The zero-order chi connectivity index (χ0) is 23.2. The highest BCUT2D eigenvalue weighted by molar-refractivity contribution is 5.88. The molecule has 0 unspecified atom stereocenters. The van der Waals surface area contributed by atoms with Crippen molar-refractivity contribution >= 4 is 5.97 Å². The van der Waals surface area contributed by atoms with Crippen LogP contribution in [0, 0.1) is 11.3 Å². The lowest BCUT2D eigenvalue weighted by Gasteiger charge is -2.08. The fourth-order valence-corrected chi connectivity index (χ4v) is 4.04. The smallest absolute Gasteiger partial charge is 0.354 e. The van der Waals surface area contributed by atoms with Gasteiger partial charge in [-0.05, 0) is 47.7 Å². The maximum absolute atomic E-state index is 12.3. The number of aromatic nitrogens is 2. The molecular weight excluding hydrogens is 410 g/mol. The van der Waals surface area contributed by atoms with Gasteiger partial charge in [-0.15, -0.1) is 0 Å². The van der Waals surface area contributed by atoms with Crippen molar-refractivity contribution in [2.75, 3.05) is 0 Å². The minimum Gasteiger partial charge on any atom is -0.476 e. The normalized spacial score (nSPS) is 10.7. The maximum atomic E-state index is 12.3. The Labute approximate surface area is 193 Å². The van der Waals surface area contributed by atoms with Crippen LogP contribution in [0.3, 0.4) is 0 Å². The summed E-state index contributed by atoms with van der Waals surface area (Å²) in [7, 11) is 0. The van der Waals surface area contributed by atoms with E-state index in [1.165, 1.54) is 0 Å². The van der Waals surface area contributed by atoms with Crippen LogP contribution in [0.25, 0.3) is 16.8 Å². The minimum absolute atomic E-state index is 0.214. The third kappa shape index (κ3) is 4.70. The first kappa shape index (κ1) is 22.0. The molecule has 0 amide bonds. The van der Waals surface area contributed by atoms with Crippen molar-refractivity contribution in [2.24, 2.45) is 0 Å². The van der Waals surface area contributed by atoms with E-state index in [1.807, 2.05) is 72.8 Å². The molecule has 1 N–H and O–H groups in total. The number of carbonyl (C=O) groups is 1. The Hall–Kier alpha value is -4.17. The van der Waals surface area contributed by atoms with Crippen LogP contribution in [-0.2, 0) is 12.8 Å². The van der Waals surface area contributed by atoms with Gasteiger partial charge in [-0.25, -0.2) is 9.48 Å². The lowest BCUT2D eigenvalue weighted by molar-refractivity contribution is 0.0686. The van der Waals surface area contributed by atoms with Gasteiger partial charge in [-0.1, -0.05) is 74.0 Å². The molecule has 4 aromatic rings. The van der Waals surface area contributed by atoms with Crippen LogP contribution in [0.5, 0.6) is 0 Å². The summed E-state index contributed by atoms with van der Waals surface area (Å²) in [5.74, 6) is -0.983. The van der Waals surface area contributed by atoms with Crippen molar-refractivity contribution in [2.45, 2.75) is 32.6 Å². The van der Waals surface area contributed by atoms with E-state index >= 15 is 0 Å². The van der Waals surface area contributed by atoms with Crippen LogP contribution in [0.2, 0.25) is 0 Å². The first-order valence-electron chi connectivity index (χ1n) is 11.1. The molecule has 0 bridgehead atoms. The molecule has 0 aliphatic heterocycles. The molecule has 0 fully saturated rings. The van der Waals surface area contributed by atoms with E-state index in [0.29, 0.717) is 12.0 Å². The van der Waals surface area contributed by atoms with Gasteiger partial charge < -0.3 is 5.11 Å². The molecule has 33 heavy (non-hydrogen) atoms. The summed E-state index contributed by atoms with van der Waals surface area (Å²) in [5, 5.41) is 24.2. The number of aromatic carboxylic acids is 1. The number of rotatable bonds is 8. The minimum atomic E-state index is -0.983. The lowest BCUT2D eigenvalue weighted by atomic mass is 9.96. The zero-order valence-corrected chi connectivity index (χ0v) is 18.5. The van der Waals surface area contributed by atoms with E-state index in [2.05, 4.69) is 13.0 Å². The first-order valence-corrected chi connectivity index (χ1v) is 11.1. The SMILES string of the molecule is CCCCc1nn(-c2ccccc2)c(C(=O)O)c1Cc1ccc(-c2ccccc2C#N)cc1. The van der Waals surface area contributed by atoms with Crippen LogP contribution in [-0.4, -0.2) is 20.9 Å². The molecule has 5 heteroatoms. The highest BCUT2D eigenvalue weighted by atomic mass is 16.4. The average molecular weight is 436 g/mol. The van der Waals surface area contributed by atoms with E-state index < -0.39 is 5.97 Å². The van der Waals surface area contributed by atoms with Crippen molar-refractivity contribution in [1.29, 1.82) is 5.26 Å². The third-order valence-corrected chi connectivity index (χ3v) is 5.73. The lowest BCUT2D eigenvalue weighted by Crippen LogP contribution is -2.10. The number of carboxylic acids is 1. The van der Waals surface area contributed by atoms with E-state index in [-0.39, 0.29) is 5.69 Å². The van der Waals surface area contributed by atoms with Gasteiger partial charge >= 0.3 is 5.97 Å². The van der Waals surface area contributed by atoms with E-state index in [1.54, 1.807) is 10.7 Å². The Kier molecular flexibility index (Phi) is 6.66. The molecule has 164 valence electrons. The fourth-order valence-electron chi connectivity index (χ4n) is 4.04. The summed E-state index contributed by atoms with van der Waals surface area (Å²) in [4.78, 5) is 12.3. The number of hydrogen-bond donors (Lipinski definition) is 1. The Balaban J connectivity index is 1.73. The average Bonchev–Trinajstić information content (AvgIpc) is 3.22. The zero-order valence-electron chi connectivity index (χ0n) is 18.5. The van der Waals surface area contributed by atoms with E-state index in [0.717, 1.165) is 52.9 Å². The van der Waals surface area contributed by atoms with Crippen molar-refractivity contribution in [3.05, 3.63) is 107 Å². The molecule has 0 aliphatic carbocycles. The standard InChI is InChI=1S/C28H25N3O2/c1-2-3-13-26-25(27(28(32)33)31(30-26)23-10-5-4-6-11-23)18-20-14-16-21(17-15-20)24-12-8-7-9-22(24)19-29/h4-12,14-17H,2-3,13,18H2,1H3,(H,32,33). The Morgan fingerprint density at radius 3 is 2.36 bits per heavy atom. The topological polar surface area (TPSA) is 78.9 Å². The van der Waals surface area contributed by atoms with Crippen LogP contribution in [0.15, 0.2) is 78.9 Å². The molecule has 5 nitrogen and oxygen atoms in total. The molecular formula is C28H25N3O2. The van der Waals surface area contributed by atoms with Gasteiger partial charge in [-0.2, -0.15) is 10.4 Å². The highest BCUT2D eigenvalue weighted by Gasteiger charge is 2.24. The second-order valence-corrected chi connectivity index (χ2v) is 7.96. The molecule has 0 saturated heterocycles. The Bertz CT molecular complexity index is 1300. The van der Waals surface area contributed by atoms with Gasteiger partial charge in [0.2, 0.25) is 0 Å². The number of carboxylic acid groups (broad SMARTS) is 1. The van der Waals surface area contributed by atoms with E-state index in [9.17, 15) is 15.2 Å². The van der Waals surface area contributed by atoms with Crippen LogP contribution in [0.1, 0.15) is 52.6 Å². The number of nitriles is 1. The van der Waals surface area contributed by atoms with Crippen LogP contribution < -0.4 is 0 Å². The molecule has 0 aliphatic rings. The summed E-state index contributed by atoms with van der Waals surface area (Å²) in [6.45, 7) is 2.11. The first-order chi connectivity index (χ1) is 16.1. The largest absolute Gasteiger partial charge is 0.476 e. The maximum Gasteiger partial charge on any atom is 0.354 e. The second-order valence-electron chi connectivity index (χ2n) is 7.96. The number of hydrogen-bond acceptors (Lipinski definition) is 3. The van der Waals surface area contributed by atoms with Gasteiger partial charge in [0.1, 0.15) is 0 Å². The van der Waals surface area contributed by atoms with Gasteiger partial charge in [0.15, 0.2) is 5.69 Å². The summed E-state index contributed by atoms with van der Waals surface area (Å²) < 4.78 is 1.56. The van der Waals surface area contributed by atoms with Crippen molar-refractivity contribution in [3.8, 4) is 22.9 Å². The summed E-state index contributed by atoms with van der Waals surface area (Å²) in [5.41, 5.74) is 6.01. The fraction of sp³-hybridized carbons (Fsp3) is 0.179. The number of para-hydroxylation sites is 1. The molecule has 0 spiro atoms. The number of benzene rings is 3. The number of unbranched alkanes of at least 4 members (excludes halogenated alkanes) is 1. The molecule has 0 saturated carbocycles. The van der Waals surface area contributed by atoms with Crippen molar-refractivity contribution in [1.82, 2.24) is 9.78 Å². The summed E-state index contributed by atoms with van der Waals surface area (Å²) in [6, 6.07) is 27.1. The highest BCUT2D eigenvalue weighted by Crippen LogP contribution is 2.27. The monoisotopic (exact) mass is 435 g/mol. The quantitative estimate of drug-likeness (QED) is 0.366. The van der Waals surface area contributed by atoms with Crippen LogP contribution >= 0.6 is 0 Å². The summed E-state index contributed by atoms with van der Waals surface area (Å²) in [6.07, 6.45) is 3.17. The molecule has 0 radical (unpaired) electrons. The molecule has 1 aromatic heterocycles. The predicted octanol–water partition coefficient (Wildman–Crippen LogP) is 6.04. The third-order valence-electron chi connectivity index (χ3n) is 5.73. The second kappa shape index (κ2) is 9.97. The molecule has 4 rings (SSSR count). The predicted molar refractivity (Wildman–Crippen MR) is 129 cm³/mol. The number of nitrogens with zero attached hydrogens (tertiary/aromatic N) is 3. The van der Waals surface area contributed by atoms with Gasteiger partial charge in [0.05, 0.1) is 23.0 Å². The van der Waals surface area contributed by atoms with Crippen molar-refractivity contribution < 1.29 is 9.90 Å². The molecule has 1 heterocycles. The van der Waals surface area contributed by atoms with Crippen LogP contribution in [0.4, 0.5) is 0 Å². The van der Waals surface area contributed by atoms with Gasteiger partial charge in [0.25, 0.3) is 0 Å². The number of aryl methyl sites for hydroxylation is 1. The van der Waals surface area contributed by atoms with E-state index in [4.69, 9.17) is 5.10 Å². The Morgan fingerprint density at radius 2 is 1.70 bits per heavy atom. The van der Waals surface area contributed by atoms with Crippen molar-refractivity contribution in [3.63, 3.8) is 0 Å². The van der Waals surface area contributed by atoms with Gasteiger partial charge in [0, 0.05) is 12.0 Å². The summed E-state index contributed by atoms with van der Waals surface area (Å²) >= 11 is 0. The molecule has 3 aromatic carbocycles. The Morgan fingerprint density at radius 1 is 1.00 bits per heavy atom. The molecule has 0 atom stereocenters. The van der Waals surface area contributed by atoms with Gasteiger partial charge in [-0.3, -0.25) is 0 Å².